The van der Waals surface area contributed by atoms with Crippen molar-refractivity contribution in [3.63, 3.8) is 0 Å². The van der Waals surface area contributed by atoms with Crippen LogP contribution in [0.25, 0.3) is 0 Å². The Bertz CT molecular complexity index is 619. The molecule has 1 aromatic carbocycles. The van der Waals surface area contributed by atoms with Crippen LogP contribution < -0.4 is 16.1 Å². The molecule has 1 N–H and O–H groups in total. The van der Waals surface area contributed by atoms with Gasteiger partial charge in [0.2, 0.25) is 0 Å². The lowest BCUT2D eigenvalue weighted by Gasteiger charge is -2.03. The standard InChI is InChI=1S/C11H13N3O3/c1-13-10(15)12-14(11(13)16)7-8-3-5-9(17-2)6-4-8/h3-6H,7H2,1-2H3,(H,12,15). The number of aromatic nitrogens is 3. The second kappa shape index (κ2) is 4.32. The van der Waals surface area contributed by atoms with Crippen LogP contribution in [-0.2, 0) is 13.6 Å². The highest BCUT2D eigenvalue weighted by Crippen LogP contribution is 2.11. The maximum absolute atomic E-state index is 11.6. The van der Waals surface area contributed by atoms with E-state index in [4.69, 9.17) is 4.74 Å². The third-order valence-corrected chi connectivity index (χ3v) is 2.55. The Balaban J connectivity index is 2.28. The number of aromatic amines is 1. The number of H-pyrrole nitrogens is 1. The molecule has 2 rings (SSSR count). The van der Waals surface area contributed by atoms with E-state index >= 15 is 0 Å². The fourth-order valence-corrected chi connectivity index (χ4v) is 1.53. The fraction of sp³-hybridized carbons (Fsp3) is 0.273. The summed E-state index contributed by atoms with van der Waals surface area (Å²) >= 11 is 0. The molecule has 0 aliphatic carbocycles. The number of methoxy groups -OCH3 is 1. The highest BCUT2D eigenvalue weighted by molar-refractivity contribution is 5.27. The van der Waals surface area contributed by atoms with Gasteiger partial charge in [-0.25, -0.2) is 23.9 Å². The summed E-state index contributed by atoms with van der Waals surface area (Å²) in [5, 5.41) is 2.47. The lowest BCUT2D eigenvalue weighted by Crippen LogP contribution is -2.26. The molecule has 0 fully saturated rings. The first-order chi connectivity index (χ1) is 8.11. The molecule has 0 spiro atoms. The summed E-state index contributed by atoms with van der Waals surface area (Å²) in [4.78, 5) is 22.8. The van der Waals surface area contributed by atoms with Gasteiger partial charge in [0.25, 0.3) is 0 Å². The average Bonchev–Trinajstić information content (AvgIpc) is 2.58. The summed E-state index contributed by atoms with van der Waals surface area (Å²) in [5.41, 5.74) is 0.143. The quantitative estimate of drug-likeness (QED) is 0.809. The highest BCUT2D eigenvalue weighted by Gasteiger charge is 2.05. The van der Waals surface area contributed by atoms with Gasteiger partial charge in [0.05, 0.1) is 13.7 Å². The van der Waals surface area contributed by atoms with Crippen LogP contribution in [0.4, 0.5) is 0 Å². The Morgan fingerprint density at radius 2 is 1.88 bits per heavy atom. The Morgan fingerprint density at radius 3 is 2.35 bits per heavy atom. The molecule has 0 radical (unpaired) electrons. The van der Waals surface area contributed by atoms with Crippen LogP contribution in [0.3, 0.4) is 0 Å². The molecule has 17 heavy (non-hydrogen) atoms. The van der Waals surface area contributed by atoms with Gasteiger partial charge in [-0.05, 0) is 17.7 Å². The van der Waals surface area contributed by atoms with E-state index in [1.54, 1.807) is 19.2 Å². The molecule has 1 aromatic heterocycles. The third kappa shape index (κ3) is 2.15. The summed E-state index contributed by atoms with van der Waals surface area (Å²) in [6, 6.07) is 7.30. The van der Waals surface area contributed by atoms with E-state index in [2.05, 4.69) is 5.10 Å². The molecule has 0 atom stereocenters. The molecule has 0 saturated carbocycles. The maximum atomic E-state index is 11.6. The van der Waals surface area contributed by atoms with Crippen molar-refractivity contribution in [2.24, 2.45) is 7.05 Å². The highest BCUT2D eigenvalue weighted by atomic mass is 16.5. The topological polar surface area (TPSA) is 69.0 Å². The van der Waals surface area contributed by atoms with Crippen LogP contribution in [0.5, 0.6) is 5.75 Å². The van der Waals surface area contributed by atoms with Crippen LogP contribution in [-0.4, -0.2) is 21.5 Å². The van der Waals surface area contributed by atoms with E-state index in [9.17, 15) is 9.59 Å². The van der Waals surface area contributed by atoms with Crippen LogP contribution in [0, 0.1) is 0 Å². The predicted octanol–water partition coefficient (Wildman–Crippen LogP) is -0.0680. The number of hydrogen-bond donors (Lipinski definition) is 1. The van der Waals surface area contributed by atoms with E-state index in [1.807, 2.05) is 12.1 Å². The molecule has 0 unspecified atom stereocenters. The van der Waals surface area contributed by atoms with Crippen LogP contribution in [0.2, 0.25) is 0 Å². The average molecular weight is 235 g/mol. The van der Waals surface area contributed by atoms with Crippen molar-refractivity contribution in [2.75, 3.05) is 7.11 Å². The minimum absolute atomic E-state index is 0.332. The largest absolute Gasteiger partial charge is 0.497 e. The molecule has 0 aliphatic rings. The minimum Gasteiger partial charge on any atom is -0.497 e. The minimum atomic E-state index is -0.413. The van der Waals surface area contributed by atoms with E-state index < -0.39 is 5.69 Å². The van der Waals surface area contributed by atoms with Gasteiger partial charge in [-0.15, -0.1) is 0 Å². The van der Waals surface area contributed by atoms with Gasteiger partial charge < -0.3 is 4.74 Å². The summed E-state index contributed by atoms with van der Waals surface area (Å²) in [6.07, 6.45) is 0. The number of nitrogens with zero attached hydrogens (tertiary/aromatic N) is 2. The first kappa shape index (κ1) is 11.3. The third-order valence-electron chi connectivity index (χ3n) is 2.55. The van der Waals surface area contributed by atoms with Crippen LogP contribution >= 0.6 is 0 Å². The Labute approximate surface area is 97.1 Å². The maximum Gasteiger partial charge on any atom is 0.346 e. The van der Waals surface area contributed by atoms with Crippen LogP contribution in [0.15, 0.2) is 33.9 Å². The van der Waals surface area contributed by atoms with E-state index in [0.717, 1.165) is 15.9 Å². The van der Waals surface area contributed by atoms with E-state index in [1.165, 1.54) is 11.7 Å². The molecular weight excluding hydrogens is 222 g/mol. The zero-order chi connectivity index (χ0) is 12.4. The van der Waals surface area contributed by atoms with E-state index in [0.29, 0.717) is 6.54 Å². The predicted molar refractivity (Wildman–Crippen MR) is 62.4 cm³/mol. The summed E-state index contributed by atoms with van der Waals surface area (Å²) in [7, 11) is 3.03. The second-order valence-electron chi connectivity index (χ2n) is 3.69. The van der Waals surface area contributed by atoms with Crippen molar-refractivity contribution in [1.82, 2.24) is 14.3 Å². The molecule has 2 aromatic rings. The molecule has 0 bridgehead atoms. The SMILES string of the molecule is COc1ccc(Cn2[nH]c(=O)n(C)c2=O)cc1. The van der Waals surface area contributed by atoms with Crippen molar-refractivity contribution >= 4 is 0 Å². The number of benzene rings is 1. The lowest BCUT2D eigenvalue weighted by atomic mass is 10.2. The van der Waals surface area contributed by atoms with Crippen molar-refractivity contribution in [3.05, 3.63) is 50.8 Å². The molecule has 0 amide bonds. The van der Waals surface area contributed by atoms with Gasteiger partial charge in [0.15, 0.2) is 0 Å². The van der Waals surface area contributed by atoms with Gasteiger partial charge in [0, 0.05) is 7.05 Å². The van der Waals surface area contributed by atoms with Gasteiger partial charge in [-0.2, -0.15) is 0 Å². The molecule has 90 valence electrons. The summed E-state index contributed by atoms with van der Waals surface area (Å²) in [5.74, 6) is 0.752. The molecule has 6 heteroatoms. The smallest absolute Gasteiger partial charge is 0.346 e. The lowest BCUT2D eigenvalue weighted by molar-refractivity contribution is 0.414. The molecule has 0 aliphatic heterocycles. The summed E-state index contributed by atoms with van der Waals surface area (Å²) in [6.45, 7) is 0.332. The number of rotatable bonds is 3. The molecular formula is C11H13N3O3. The Kier molecular flexibility index (Phi) is 2.86. The Hall–Kier alpha value is -2.24. The van der Waals surface area contributed by atoms with Gasteiger partial charge in [-0.3, -0.25) is 0 Å². The molecule has 6 nitrogen and oxygen atoms in total. The van der Waals surface area contributed by atoms with Gasteiger partial charge in [0.1, 0.15) is 5.75 Å². The zero-order valence-corrected chi connectivity index (χ0v) is 9.64. The van der Waals surface area contributed by atoms with Crippen molar-refractivity contribution in [2.45, 2.75) is 6.54 Å². The van der Waals surface area contributed by atoms with Gasteiger partial charge >= 0.3 is 11.4 Å². The number of hydrogen-bond acceptors (Lipinski definition) is 3. The second-order valence-corrected chi connectivity index (χ2v) is 3.69. The van der Waals surface area contributed by atoms with Crippen LogP contribution in [0.1, 0.15) is 5.56 Å². The monoisotopic (exact) mass is 235 g/mol. The summed E-state index contributed by atoms with van der Waals surface area (Å²) < 4.78 is 7.34. The van der Waals surface area contributed by atoms with Crippen molar-refractivity contribution in [3.8, 4) is 5.75 Å². The number of ether oxygens (including phenoxy) is 1. The number of nitrogens with one attached hydrogen (secondary N) is 1. The zero-order valence-electron chi connectivity index (χ0n) is 9.64. The Morgan fingerprint density at radius 1 is 1.24 bits per heavy atom. The van der Waals surface area contributed by atoms with Crippen molar-refractivity contribution < 1.29 is 4.74 Å². The first-order valence-electron chi connectivity index (χ1n) is 5.10. The van der Waals surface area contributed by atoms with Gasteiger partial charge in [-0.1, -0.05) is 12.1 Å². The first-order valence-corrected chi connectivity index (χ1v) is 5.10. The molecule has 0 saturated heterocycles. The molecule has 1 heterocycles. The normalized spacial score (nSPS) is 10.5. The fourth-order valence-electron chi connectivity index (χ4n) is 1.53. The van der Waals surface area contributed by atoms with E-state index in [-0.39, 0.29) is 5.69 Å². The van der Waals surface area contributed by atoms with Crippen molar-refractivity contribution in [1.29, 1.82) is 0 Å².